The maximum absolute atomic E-state index is 13.4. The van der Waals surface area contributed by atoms with Gasteiger partial charge in [-0.2, -0.15) is 26.3 Å². The van der Waals surface area contributed by atoms with E-state index in [0.29, 0.717) is 12.1 Å². The minimum absolute atomic E-state index is 0.124. The van der Waals surface area contributed by atoms with Gasteiger partial charge in [0.05, 0.1) is 5.56 Å². The van der Waals surface area contributed by atoms with E-state index in [4.69, 9.17) is 0 Å². The number of aromatic nitrogens is 2. The van der Waals surface area contributed by atoms with Crippen molar-refractivity contribution in [1.29, 1.82) is 0 Å². The molecule has 0 atom stereocenters. The van der Waals surface area contributed by atoms with Crippen LogP contribution in [0.5, 0.6) is 0 Å². The highest BCUT2D eigenvalue weighted by atomic mass is 19.4. The standard InChI is InChI=1S/C17H10F6N2O3/c18-16(19,20)11-5-4-7-6-8(14(17(21,22)23)25-15(7)24-11)13(28)12-9(26)2-1-3-10(12)27/h4-6,12H,1-3H2. The van der Waals surface area contributed by atoms with Crippen LogP contribution >= 0.6 is 0 Å². The molecule has 11 heteroatoms. The Balaban J connectivity index is 2.19. The Labute approximate surface area is 152 Å². The van der Waals surface area contributed by atoms with Gasteiger partial charge in [0, 0.05) is 18.2 Å². The van der Waals surface area contributed by atoms with Crippen molar-refractivity contribution in [2.75, 3.05) is 0 Å². The third kappa shape index (κ3) is 3.60. The zero-order valence-electron chi connectivity index (χ0n) is 13.8. The molecule has 0 unspecified atom stereocenters. The van der Waals surface area contributed by atoms with Gasteiger partial charge in [0.2, 0.25) is 0 Å². The molecule has 1 saturated carbocycles. The molecule has 3 rings (SSSR count). The number of hydrogen-bond acceptors (Lipinski definition) is 5. The van der Waals surface area contributed by atoms with Crippen LogP contribution in [-0.2, 0) is 21.9 Å². The van der Waals surface area contributed by atoms with Crippen molar-refractivity contribution in [2.45, 2.75) is 31.6 Å². The summed E-state index contributed by atoms with van der Waals surface area (Å²) in [6, 6.07) is 2.01. The first kappa shape index (κ1) is 19.9. The zero-order chi connectivity index (χ0) is 20.9. The van der Waals surface area contributed by atoms with Gasteiger partial charge in [-0.25, -0.2) is 9.97 Å². The molecule has 0 saturated heterocycles. The zero-order valence-corrected chi connectivity index (χ0v) is 13.8. The molecule has 28 heavy (non-hydrogen) atoms. The number of fused-ring (bicyclic) bond motifs is 1. The fourth-order valence-electron chi connectivity index (χ4n) is 2.97. The number of carbonyl (C=O) groups excluding carboxylic acids is 3. The average molecular weight is 404 g/mol. The van der Waals surface area contributed by atoms with E-state index in [0.717, 1.165) is 6.07 Å². The van der Waals surface area contributed by atoms with Crippen molar-refractivity contribution in [3.8, 4) is 0 Å². The molecule has 0 bridgehead atoms. The van der Waals surface area contributed by atoms with Crippen molar-refractivity contribution in [1.82, 2.24) is 9.97 Å². The van der Waals surface area contributed by atoms with Gasteiger partial charge in [-0.15, -0.1) is 0 Å². The summed E-state index contributed by atoms with van der Waals surface area (Å²) in [4.78, 5) is 42.6. The molecule has 0 N–H and O–H groups in total. The quantitative estimate of drug-likeness (QED) is 0.433. The molecule has 2 heterocycles. The normalized spacial score (nSPS) is 16.6. The Bertz CT molecular complexity index is 981. The number of hydrogen-bond donors (Lipinski definition) is 0. The number of pyridine rings is 2. The van der Waals surface area contributed by atoms with Crippen LogP contribution in [0.3, 0.4) is 0 Å². The lowest BCUT2D eigenvalue weighted by atomic mass is 9.81. The summed E-state index contributed by atoms with van der Waals surface area (Å²) in [5, 5.41) is -0.264. The molecule has 0 aliphatic heterocycles. The molecule has 148 valence electrons. The molecule has 5 nitrogen and oxygen atoms in total. The monoisotopic (exact) mass is 404 g/mol. The molecule has 0 radical (unpaired) electrons. The van der Waals surface area contributed by atoms with Gasteiger partial charge in [0.15, 0.2) is 28.7 Å². The van der Waals surface area contributed by atoms with Crippen LogP contribution in [0.1, 0.15) is 41.0 Å². The maximum atomic E-state index is 13.4. The molecule has 2 aromatic heterocycles. The minimum Gasteiger partial charge on any atom is -0.298 e. The predicted octanol–water partition coefficient (Wildman–Crippen LogP) is 3.79. The SMILES string of the molecule is O=C1CCCC(=O)C1C(=O)c1cc2ccc(C(F)(F)F)nc2nc1C(F)(F)F. The second-order valence-electron chi connectivity index (χ2n) is 6.21. The number of ketones is 3. The lowest BCUT2D eigenvalue weighted by Crippen LogP contribution is -2.36. The summed E-state index contributed by atoms with van der Waals surface area (Å²) in [7, 11) is 0. The molecule has 1 aliphatic carbocycles. The van der Waals surface area contributed by atoms with E-state index in [-0.39, 0.29) is 24.6 Å². The van der Waals surface area contributed by atoms with Crippen molar-refractivity contribution < 1.29 is 40.7 Å². The van der Waals surface area contributed by atoms with Crippen LogP contribution in [0, 0.1) is 5.92 Å². The maximum Gasteiger partial charge on any atom is 0.434 e. The van der Waals surface area contributed by atoms with E-state index in [9.17, 15) is 40.7 Å². The Hall–Kier alpha value is -2.85. The largest absolute Gasteiger partial charge is 0.434 e. The fourth-order valence-corrected chi connectivity index (χ4v) is 2.97. The third-order valence-corrected chi connectivity index (χ3v) is 4.25. The molecular weight excluding hydrogens is 394 g/mol. The molecule has 1 aliphatic rings. The first-order valence-electron chi connectivity index (χ1n) is 7.95. The van der Waals surface area contributed by atoms with Gasteiger partial charge in [-0.05, 0) is 24.6 Å². The molecule has 0 amide bonds. The average Bonchev–Trinajstić information content (AvgIpc) is 2.58. The van der Waals surface area contributed by atoms with Crippen molar-refractivity contribution in [3.63, 3.8) is 0 Å². The highest BCUT2D eigenvalue weighted by Gasteiger charge is 2.43. The van der Waals surface area contributed by atoms with Gasteiger partial charge in [-0.1, -0.05) is 0 Å². The summed E-state index contributed by atoms with van der Waals surface area (Å²) >= 11 is 0. The second kappa shape index (κ2) is 6.64. The number of Topliss-reactive ketones (excluding diaryl/α,β-unsaturated/α-hetero) is 3. The summed E-state index contributed by atoms with van der Waals surface area (Å²) in [5.74, 6) is -4.81. The van der Waals surface area contributed by atoms with Crippen molar-refractivity contribution in [3.05, 3.63) is 35.2 Å². The van der Waals surface area contributed by atoms with Crippen LogP contribution in [0.15, 0.2) is 18.2 Å². The molecular formula is C17H10F6N2O3. The third-order valence-electron chi connectivity index (χ3n) is 4.25. The Morgan fingerprint density at radius 3 is 2.07 bits per heavy atom. The first-order valence-corrected chi connectivity index (χ1v) is 7.95. The Kier molecular flexibility index (Phi) is 4.72. The lowest BCUT2D eigenvalue weighted by molar-refractivity contribution is -0.142. The fraction of sp³-hybridized carbons (Fsp3) is 0.353. The van der Waals surface area contributed by atoms with Gasteiger partial charge in [0.25, 0.3) is 0 Å². The smallest absolute Gasteiger partial charge is 0.298 e. The number of alkyl halides is 6. The van der Waals surface area contributed by atoms with Crippen molar-refractivity contribution >= 4 is 28.4 Å². The van der Waals surface area contributed by atoms with E-state index >= 15 is 0 Å². The molecule has 1 fully saturated rings. The lowest BCUT2D eigenvalue weighted by Gasteiger charge is -2.20. The van der Waals surface area contributed by atoms with E-state index < -0.39 is 58.2 Å². The molecule has 0 spiro atoms. The Morgan fingerprint density at radius 1 is 0.929 bits per heavy atom. The second-order valence-corrected chi connectivity index (χ2v) is 6.21. The van der Waals surface area contributed by atoms with Crippen molar-refractivity contribution in [2.24, 2.45) is 5.92 Å². The van der Waals surface area contributed by atoms with Gasteiger partial charge in [-0.3, -0.25) is 14.4 Å². The molecule has 0 aromatic carbocycles. The van der Waals surface area contributed by atoms with E-state index in [1.165, 1.54) is 0 Å². The van der Waals surface area contributed by atoms with E-state index in [1.54, 1.807) is 0 Å². The first-order chi connectivity index (χ1) is 12.9. The number of halogens is 6. The number of rotatable bonds is 2. The van der Waals surface area contributed by atoms with Gasteiger partial charge in [0.1, 0.15) is 11.6 Å². The summed E-state index contributed by atoms with van der Waals surface area (Å²) < 4.78 is 78.4. The van der Waals surface area contributed by atoms with Crippen LogP contribution in [-0.4, -0.2) is 27.3 Å². The topological polar surface area (TPSA) is 77.0 Å². The van der Waals surface area contributed by atoms with E-state index in [2.05, 4.69) is 9.97 Å². The summed E-state index contributed by atoms with van der Waals surface area (Å²) in [6.07, 6.45) is -10.2. The summed E-state index contributed by atoms with van der Waals surface area (Å²) in [6.45, 7) is 0. The van der Waals surface area contributed by atoms with Gasteiger partial charge >= 0.3 is 12.4 Å². The molecule has 2 aromatic rings. The van der Waals surface area contributed by atoms with Gasteiger partial charge < -0.3 is 0 Å². The number of nitrogens with zero attached hydrogens (tertiary/aromatic N) is 2. The highest BCUT2D eigenvalue weighted by molar-refractivity contribution is 6.25. The van der Waals surface area contributed by atoms with Crippen LogP contribution in [0.2, 0.25) is 0 Å². The highest BCUT2D eigenvalue weighted by Crippen LogP contribution is 2.35. The minimum atomic E-state index is -5.21. The predicted molar refractivity (Wildman–Crippen MR) is 81.2 cm³/mol. The Morgan fingerprint density at radius 2 is 1.54 bits per heavy atom. The number of carbonyl (C=O) groups is 3. The van der Waals surface area contributed by atoms with Crippen LogP contribution < -0.4 is 0 Å². The van der Waals surface area contributed by atoms with Crippen LogP contribution in [0.4, 0.5) is 26.3 Å². The van der Waals surface area contributed by atoms with Crippen LogP contribution in [0.25, 0.3) is 11.0 Å². The summed E-state index contributed by atoms with van der Waals surface area (Å²) in [5.41, 5.74) is -5.14. The van der Waals surface area contributed by atoms with E-state index in [1.807, 2.05) is 0 Å².